The average Bonchev–Trinajstić information content (AvgIpc) is 3.18. The standard InChI is InChI=1S/C21H18F2N4O3S/c1-26-16-5-3-4-11(18(16)19(29)27(2)21(26)30)8-17(28)25-20-24-15(10-31-20)13-7-6-12(22)9-14(13)23/h3-5,9-10H,6-8H2,1-2H3,(H,24,25,28). The van der Waals surface area contributed by atoms with Crippen LogP contribution in [0.5, 0.6) is 0 Å². The molecule has 3 aromatic rings. The lowest BCUT2D eigenvalue weighted by Crippen LogP contribution is -2.37. The van der Waals surface area contributed by atoms with Crippen molar-refractivity contribution in [3.05, 3.63) is 73.4 Å². The Balaban J connectivity index is 1.59. The Labute approximate surface area is 179 Å². The maximum absolute atomic E-state index is 14.0. The molecule has 0 radical (unpaired) electrons. The molecule has 0 saturated carbocycles. The van der Waals surface area contributed by atoms with E-state index in [1.54, 1.807) is 30.6 Å². The summed E-state index contributed by atoms with van der Waals surface area (Å²) in [5.74, 6) is -1.58. The fourth-order valence-corrected chi connectivity index (χ4v) is 4.30. The largest absolute Gasteiger partial charge is 0.330 e. The van der Waals surface area contributed by atoms with Gasteiger partial charge in [0.2, 0.25) is 5.91 Å². The molecule has 1 aliphatic rings. The van der Waals surface area contributed by atoms with Crippen LogP contribution < -0.4 is 16.6 Å². The molecule has 7 nitrogen and oxygen atoms in total. The van der Waals surface area contributed by atoms with E-state index in [2.05, 4.69) is 10.3 Å². The van der Waals surface area contributed by atoms with E-state index >= 15 is 0 Å². The maximum atomic E-state index is 14.0. The van der Waals surface area contributed by atoms with Crippen LogP contribution in [0.4, 0.5) is 13.9 Å². The number of nitrogens with zero attached hydrogens (tertiary/aromatic N) is 3. The Hall–Kier alpha value is -3.40. The molecule has 0 atom stereocenters. The van der Waals surface area contributed by atoms with Crippen LogP contribution in [-0.2, 0) is 25.3 Å². The zero-order chi connectivity index (χ0) is 22.3. The van der Waals surface area contributed by atoms with Gasteiger partial charge in [-0.25, -0.2) is 18.6 Å². The minimum atomic E-state index is -0.663. The molecule has 4 rings (SSSR count). The number of hydrogen-bond acceptors (Lipinski definition) is 5. The van der Waals surface area contributed by atoms with E-state index in [1.807, 2.05) is 0 Å². The number of aromatic nitrogens is 3. The first-order valence-corrected chi connectivity index (χ1v) is 10.3. The van der Waals surface area contributed by atoms with Crippen LogP contribution in [0.1, 0.15) is 24.1 Å². The minimum absolute atomic E-state index is 0.106. The van der Waals surface area contributed by atoms with Crippen molar-refractivity contribution in [2.45, 2.75) is 19.3 Å². The molecule has 1 N–H and O–H groups in total. The van der Waals surface area contributed by atoms with Gasteiger partial charge in [0.05, 0.1) is 23.0 Å². The molecule has 0 unspecified atom stereocenters. The third-order valence-electron chi connectivity index (χ3n) is 5.18. The number of thiazole rings is 1. The highest BCUT2D eigenvalue weighted by Gasteiger charge is 2.19. The van der Waals surface area contributed by atoms with Gasteiger partial charge in [0.25, 0.3) is 5.56 Å². The molecule has 2 aromatic heterocycles. The van der Waals surface area contributed by atoms with Gasteiger partial charge in [-0.2, -0.15) is 0 Å². The molecule has 10 heteroatoms. The highest BCUT2D eigenvalue weighted by atomic mass is 32.1. The van der Waals surface area contributed by atoms with Gasteiger partial charge in [-0.15, -0.1) is 11.3 Å². The van der Waals surface area contributed by atoms with Crippen LogP contribution in [0.25, 0.3) is 16.5 Å². The Kier molecular flexibility index (Phi) is 5.40. The second-order valence-electron chi connectivity index (χ2n) is 7.20. The molecule has 0 saturated heterocycles. The number of benzene rings is 1. The van der Waals surface area contributed by atoms with Gasteiger partial charge in [-0.3, -0.25) is 18.7 Å². The monoisotopic (exact) mass is 444 g/mol. The summed E-state index contributed by atoms with van der Waals surface area (Å²) in [5, 5.41) is 4.83. The highest BCUT2D eigenvalue weighted by Crippen LogP contribution is 2.34. The van der Waals surface area contributed by atoms with Crippen molar-refractivity contribution in [1.82, 2.24) is 14.1 Å². The Morgan fingerprint density at radius 2 is 1.97 bits per heavy atom. The van der Waals surface area contributed by atoms with E-state index in [1.165, 1.54) is 11.6 Å². The number of anilines is 1. The quantitative estimate of drug-likeness (QED) is 0.670. The molecule has 1 aromatic carbocycles. The fraction of sp³-hybridized carbons (Fsp3) is 0.238. The fourth-order valence-electron chi connectivity index (χ4n) is 3.56. The smallest absolute Gasteiger partial charge is 0.302 e. The molecule has 1 aliphatic carbocycles. The van der Waals surface area contributed by atoms with Crippen LogP contribution in [0.3, 0.4) is 0 Å². The molecule has 1 amide bonds. The van der Waals surface area contributed by atoms with Crippen molar-refractivity contribution in [1.29, 1.82) is 0 Å². The summed E-state index contributed by atoms with van der Waals surface area (Å²) in [6.07, 6.45) is 1.05. The zero-order valence-electron chi connectivity index (χ0n) is 16.7. The summed E-state index contributed by atoms with van der Waals surface area (Å²) in [6, 6.07) is 4.98. The summed E-state index contributed by atoms with van der Waals surface area (Å²) in [4.78, 5) is 41.6. The molecule has 2 heterocycles. The zero-order valence-corrected chi connectivity index (χ0v) is 17.6. The van der Waals surface area contributed by atoms with Gasteiger partial charge in [0.15, 0.2) is 5.13 Å². The molecule has 0 fully saturated rings. The van der Waals surface area contributed by atoms with Crippen LogP contribution in [0.2, 0.25) is 0 Å². The van der Waals surface area contributed by atoms with Crippen molar-refractivity contribution < 1.29 is 13.6 Å². The topological polar surface area (TPSA) is 86.0 Å². The summed E-state index contributed by atoms with van der Waals surface area (Å²) in [6.45, 7) is 0. The number of rotatable bonds is 4. The van der Waals surface area contributed by atoms with Gasteiger partial charge < -0.3 is 5.32 Å². The molecule has 0 bridgehead atoms. The lowest BCUT2D eigenvalue weighted by atomic mass is 10.0. The number of amides is 1. The van der Waals surface area contributed by atoms with E-state index in [4.69, 9.17) is 0 Å². The van der Waals surface area contributed by atoms with Crippen LogP contribution in [0, 0.1) is 0 Å². The second-order valence-corrected chi connectivity index (χ2v) is 8.06. The van der Waals surface area contributed by atoms with Crippen molar-refractivity contribution in [3.8, 4) is 0 Å². The first kappa shape index (κ1) is 20.9. The third-order valence-corrected chi connectivity index (χ3v) is 5.94. The first-order valence-electron chi connectivity index (χ1n) is 9.44. The average molecular weight is 444 g/mol. The van der Waals surface area contributed by atoms with Crippen LogP contribution in [0.15, 0.2) is 50.9 Å². The predicted molar refractivity (Wildman–Crippen MR) is 115 cm³/mol. The summed E-state index contributed by atoms with van der Waals surface area (Å²) in [5.41, 5.74) is 0.651. The van der Waals surface area contributed by atoms with E-state index in [0.717, 1.165) is 22.0 Å². The van der Waals surface area contributed by atoms with E-state index in [-0.39, 0.29) is 24.4 Å². The Morgan fingerprint density at radius 3 is 2.71 bits per heavy atom. The summed E-state index contributed by atoms with van der Waals surface area (Å²) < 4.78 is 29.6. The number of fused-ring (bicyclic) bond motifs is 1. The number of aryl methyl sites for hydroxylation is 1. The number of halogens is 2. The normalized spacial score (nSPS) is 14.1. The summed E-state index contributed by atoms with van der Waals surface area (Å²) >= 11 is 1.13. The number of carbonyl (C=O) groups is 1. The molecule has 0 spiro atoms. The van der Waals surface area contributed by atoms with E-state index in [9.17, 15) is 23.2 Å². The number of hydrogen-bond donors (Lipinski definition) is 1. The predicted octanol–water partition coefficient (Wildman–Crippen LogP) is 3.20. The Morgan fingerprint density at radius 1 is 1.19 bits per heavy atom. The molecular formula is C21H18F2N4O3S. The van der Waals surface area contributed by atoms with Gasteiger partial charge in [0, 0.05) is 37.5 Å². The van der Waals surface area contributed by atoms with Gasteiger partial charge in [0.1, 0.15) is 11.7 Å². The molecule has 0 aliphatic heterocycles. The van der Waals surface area contributed by atoms with Crippen molar-refractivity contribution >= 4 is 38.9 Å². The van der Waals surface area contributed by atoms with Crippen molar-refractivity contribution in [3.63, 3.8) is 0 Å². The lowest BCUT2D eigenvalue weighted by molar-refractivity contribution is -0.115. The number of allylic oxidation sites excluding steroid dienone is 4. The molecule has 31 heavy (non-hydrogen) atoms. The van der Waals surface area contributed by atoms with Crippen molar-refractivity contribution in [2.75, 3.05) is 5.32 Å². The third kappa shape index (κ3) is 3.86. The number of carbonyl (C=O) groups excluding carboxylic acids is 1. The van der Waals surface area contributed by atoms with Crippen LogP contribution in [-0.4, -0.2) is 20.0 Å². The second kappa shape index (κ2) is 8.03. The van der Waals surface area contributed by atoms with Crippen molar-refractivity contribution in [2.24, 2.45) is 14.1 Å². The van der Waals surface area contributed by atoms with Gasteiger partial charge >= 0.3 is 5.69 Å². The molecule has 160 valence electrons. The highest BCUT2D eigenvalue weighted by molar-refractivity contribution is 7.14. The molecular weight excluding hydrogens is 426 g/mol. The SMILES string of the molecule is Cn1c(=O)c2c(CC(=O)Nc3nc(C4=C(F)C=C(F)CC4)cs3)cccc2n(C)c1=O. The van der Waals surface area contributed by atoms with E-state index < -0.39 is 28.8 Å². The summed E-state index contributed by atoms with van der Waals surface area (Å²) in [7, 11) is 2.95. The first-order chi connectivity index (χ1) is 14.8. The maximum Gasteiger partial charge on any atom is 0.330 e. The Bertz CT molecular complexity index is 1400. The number of nitrogens with one attached hydrogen (secondary N) is 1. The lowest BCUT2D eigenvalue weighted by Gasteiger charge is -2.11. The van der Waals surface area contributed by atoms with Gasteiger partial charge in [-0.1, -0.05) is 12.1 Å². The van der Waals surface area contributed by atoms with E-state index in [0.29, 0.717) is 27.7 Å². The van der Waals surface area contributed by atoms with Gasteiger partial charge in [-0.05, 0) is 18.1 Å². The minimum Gasteiger partial charge on any atom is -0.302 e. The van der Waals surface area contributed by atoms with Crippen LogP contribution >= 0.6 is 11.3 Å².